The first kappa shape index (κ1) is 13.8. The van der Waals surface area contributed by atoms with Gasteiger partial charge >= 0.3 is 0 Å². The fraction of sp³-hybridized carbons (Fsp3) is 0.700. The first-order valence-corrected chi connectivity index (χ1v) is 8.91. The van der Waals surface area contributed by atoms with Gasteiger partial charge in [-0.05, 0) is 93.7 Å². The Balaban J connectivity index is 1.70. The van der Waals surface area contributed by atoms with E-state index in [1.165, 1.54) is 44.2 Å². The molecule has 1 nitrogen and oxygen atoms in total. The van der Waals surface area contributed by atoms with Crippen LogP contribution in [0.1, 0.15) is 55.6 Å². The van der Waals surface area contributed by atoms with E-state index in [2.05, 4.69) is 43.6 Å². The molecule has 0 spiro atoms. The van der Waals surface area contributed by atoms with Crippen LogP contribution >= 0.6 is 0 Å². The van der Waals surface area contributed by atoms with Crippen molar-refractivity contribution >= 4 is 0 Å². The Bertz CT molecular complexity index is 489. The smallest absolute Gasteiger partial charge is 0.00464 e. The minimum absolute atomic E-state index is 0.604. The van der Waals surface area contributed by atoms with E-state index in [4.69, 9.17) is 0 Å². The van der Waals surface area contributed by atoms with Crippen molar-refractivity contribution < 1.29 is 0 Å². The highest BCUT2D eigenvalue weighted by atomic mass is 14.8. The zero-order chi connectivity index (χ0) is 14.4. The molecular weight excluding hydrogens is 254 g/mol. The second kappa shape index (κ2) is 5.12. The van der Waals surface area contributed by atoms with Crippen LogP contribution in [-0.2, 0) is 0 Å². The van der Waals surface area contributed by atoms with Gasteiger partial charge in [-0.1, -0.05) is 29.8 Å². The van der Waals surface area contributed by atoms with Gasteiger partial charge in [0.25, 0.3) is 0 Å². The van der Waals surface area contributed by atoms with Crippen molar-refractivity contribution in [1.29, 1.82) is 0 Å². The van der Waals surface area contributed by atoms with Gasteiger partial charge in [-0.2, -0.15) is 0 Å². The zero-order valence-corrected chi connectivity index (χ0v) is 13.6. The fourth-order valence-corrected chi connectivity index (χ4v) is 6.34. The second-order valence-electron chi connectivity index (χ2n) is 8.21. The normalized spacial score (nSPS) is 40.7. The third-order valence-corrected chi connectivity index (χ3v) is 6.77. The van der Waals surface area contributed by atoms with Gasteiger partial charge in [0.15, 0.2) is 0 Å². The minimum Gasteiger partial charge on any atom is -0.320 e. The molecule has 21 heavy (non-hydrogen) atoms. The van der Waals surface area contributed by atoms with E-state index in [1.54, 1.807) is 12.0 Å². The van der Waals surface area contributed by atoms with Gasteiger partial charge in [0.2, 0.25) is 0 Å². The average molecular weight is 283 g/mol. The molecule has 4 aliphatic rings. The Hall–Kier alpha value is -0.820. The van der Waals surface area contributed by atoms with Crippen molar-refractivity contribution in [1.82, 2.24) is 5.32 Å². The van der Waals surface area contributed by atoms with Crippen molar-refractivity contribution in [3.05, 3.63) is 35.4 Å². The van der Waals surface area contributed by atoms with Gasteiger partial charge in [0, 0.05) is 0 Å². The maximum atomic E-state index is 3.42. The molecule has 4 saturated carbocycles. The molecule has 0 heterocycles. The van der Waals surface area contributed by atoms with Gasteiger partial charge in [0.1, 0.15) is 0 Å². The summed E-state index contributed by atoms with van der Waals surface area (Å²) in [4.78, 5) is 0. The van der Waals surface area contributed by atoms with E-state index in [-0.39, 0.29) is 0 Å². The maximum absolute atomic E-state index is 3.42. The van der Waals surface area contributed by atoms with Crippen LogP contribution < -0.4 is 5.32 Å². The summed E-state index contributed by atoms with van der Waals surface area (Å²) in [7, 11) is 2.11. The van der Waals surface area contributed by atoms with Crippen LogP contribution in [-0.4, -0.2) is 13.6 Å². The molecule has 0 amide bonds. The monoisotopic (exact) mass is 283 g/mol. The number of benzene rings is 1. The number of nitrogens with one attached hydrogen (secondary N) is 1. The summed E-state index contributed by atoms with van der Waals surface area (Å²) in [6, 6.07) is 9.52. The van der Waals surface area contributed by atoms with E-state index >= 15 is 0 Å². The molecule has 0 saturated heterocycles. The molecular formula is C20H29N. The molecule has 1 aromatic rings. The minimum atomic E-state index is 0.604. The molecule has 5 rings (SSSR count). The predicted octanol–water partition coefficient (Wildman–Crippen LogP) is 4.51. The first-order chi connectivity index (χ1) is 10.2. The van der Waals surface area contributed by atoms with Crippen LogP contribution in [0.3, 0.4) is 0 Å². The maximum Gasteiger partial charge on any atom is -0.00464 e. The molecule has 4 aliphatic carbocycles. The molecule has 4 fully saturated rings. The second-order valence-corrected chi connectivity index (χ2v) is 8.21. The summed E-state index contributed by atoms with van der Waals surface area (Å²) >= 11 is 0. The predicted molar refractivity (Wildman–Crippen MR) is 88.5 cm³/mol. The number of rotatable bonds is 4. The lowest BCUT2D eigenvalue weighted by Gasteiger charge is -2.62. The highest BCUT2D eigenvalue weighted by Crippen LogP contribution is 2.67. The lowest BCUT2D eigenvalue weighted by atomic mass is 9.43. The third-order valence-electron chi connectivity index (χ3n) is 6.77. The largest absolute Gasteiger partial charge is 0.320 e. The van der Waals surface area contributed by atoms with E-state index in [0.717, 1.165) is 23.7 Å². The molecule has 0 radical (unpaired) electrons. The number of aryl methyl sites for hydroxylation is 1. The van der Waals surface area contributed by atoms with Crippen molar-refractivity contribution in [2.24, 2.45) is 23.2 Å². The molecule has 4 bridgehead atoms. The van der Waals surface area contributed by atoms with E-state index in [1.807, 2.05) is 0 Å². The molecule has 3 atom stereocenters. The SMILES string of the molecule is CNCCC12CC3CC(CC(C3)C1c1ccc(C)cc1)C2. The Morgan fingerprint density at radius 1 is 1.05 bits per heavy atom. The molecule has 0 aliphatic heterocycles. The van der Waals surface area contributed by atoms with Crippen molar-refractivity contribution in [2.75, 3.05) is 13.6 Å². The summed E-state index contributed by atoms with van der Waals surface area (Å²) in [6.45, 7) is 3.39. The van der Waals surface area contributed by atoms with Crippen LogP contribution in [0.4, 0.5) is 0 Å². The van der Waals surface area contributed by atoms with E-state index < -0.39 is 0 Å². The van der Waals surface area contributed by atoms with Crippen LogP contribution in [0.25, 0.3) is 0 Å². The molecule has 1 heteroatoms. The Labute approximate surface area is 129 Å². The Morgan fingerprint density at radius 3 is 2.33 bits per heavy atom. The van der Waals surface area contributed by atoms with Crippen molar-refractivity contribution in [2.45, 2.75) is 51.4 Å². The van der Waals surface area contributed by atoms with Crippen molar-refractivity contribution in [3.8, 4) is 0 Å². The Kier molecular flexibility index (Phi) is 3.37. The average Bonchev–Trinajstić information content (AvgIpc) is 2.46. The quantitative estimate of drug-likeness (QED) is 0.857. The standard InChI is InChI=1S/C20H29N/c1-14-3-5-17(6-4-14)19-18-10-15-9-16(11-18)13-20(19,12-15)7-8-21-2/h3-6,15-16,18-19,21H,7-13H2,1-2H3. The Morgan fingerprint density at radius 2 is 1.71 bits per heavy atom. The van der Waals surface area contributed by atoms with Crippen LogP contribution in [0.5, 0.6) is 0 Å². The van der Waals surface area contributed by atoms with Gasteiger partial charge in [-0.25, -0.2) is 0 Å². The van der Waals surface area contributed by atoms with Crippen LogP contribution in [0.2, 0.25) is 0 Å². The van der Waals surface area contributed by atoms with Gasteiger partial charge in [-0.3, -0.25) is 0 Å². The third kappa shape index (κ3) is 2.25. The summed E-state index contributed by atoms with van der Waals surface area (Å²) in [5.74, 6) is 3.89. The van der Waals surface area contributed by atoms with Gasteiger partial charge in [0.05, 0.1) is 0 Å². The highest BCUT2D eigenvalue weighted by Gasteiger charge is 2.56. The van der Waals surface area contributed by atoms with Crippen LogP contribution in [0, 0.1) is 30.1 Å². The lowest BCUT2D eigenvalue weighted by Crippen LogP contribution is -2.52. The first-order valence-electron chi connectivity index (χ1n) is 8.91. The van der Waals surface area contributed by atoms with Crippen molar-refractivity contribution in [3.63, 3.8) is 0 Å². The molecule has 1 N–H and O–H groups in total. The van der Waals surface area contributed by atoms with Crippen LogP contribution in [0.15, 0.2) is 24.3 Å². The molecule has 3 unspecified atom stereocenters. The van der Waals surface area contributed by atoms with Gasteiger partial charge in [-0.15, -0.1) is 0 Å². The van der Waals surface area contributed by atoms with Gasteiger partial charge < -0.3 is 5.32 Å². The highest BCUT2D eigenvalue weighted by molar-refractivity contribution is 5.30. The summed E-state index contributed by atoms with van der Waals surface area (Å²) in [5, 5.41) is 3.42. The summed E-state index contributed by atoms with van der Waals surface area (Å²) in [5.41, 5.74) is 3.64. The number of hydrogen-bond donors (Lipinski definition) is 1. The number of hydrogen-bond acceptors (Lipinski definition) is 1. The fourth-order valence-electron chi connectivity index (χ4n) is 6.34. The van der Waals surface area contributed by atoms with E-state index in [0.29, 0.717) is 5.41 Å². The molecule has 0 aromatic heterocycles. The topological polar surface area (TPSA) is 12.0 Å². The zero-order valence-electron chi connectivity index (χ0n) is 13.6. The lowest BCUT2D eigenvalue weighted by molar-refractivity contribution is -0.0794. The van der Waals surface area contributed by atoms with E-state index in [9.17, 15) is 0 Å². The molecule has 114 valence electrons. The summed E-state index contributed by atoms with van der Waals surface area (Å²) < 4.78 is 0. The summed E-state index contributed by atoms with van der Waals surface area (Å²) in [6.07, 6.45) is 8.94. The molecule has 1 aromatic carbocycles.